The minimum atomic E-state index is -2.98. The first-order valence-electron chi connectivity index (χ1n) is 8.21. The minimum absolute atomic E-state index is 0.0964. The molecule has 28 heavy (non-hydrogen) atoms. The third-order valence-corrected chi connectivity index (χ3v) is 4.17. The Morgan fingerprint density at radius 1 is 1.25 bits per heavy atom. The van der Waals surface area contributed by atoms with Crippen LogP contribution < -0.4 is 15.4 Å². The van der Waals surface area contributed by atoms with Crippen molar-refractivity contribution in [3.05, 3.63) is 29.8 Å². The number of benzene rings is 1. The molecule has 1 aromatic carbocycles. The summed E-state index contributed by atoms with van der Waals surface area (Å²) in [6.45, 7) is -2.38. The normalized spacial score (nSPS) is 18.9. The molecule has 2 rings (SSSR count). The Morgan fingerprint density at radius 3 is 2.39 bits per heavy atom. The molecule has 1 fully saturated rings. The van der Waals surface area contributed by atoms with E-state index in [4.69, 9.17) is 0 Å². The van der Waals surface area contributed by atoms with E-state index in [1.165, 1.54) is 50.2 Å². The number of carbonyl (C=O) groups is 4. The van der Waals surface area contributed by atoms with Crippen LogP contribution in [0.2, 0.25) is 0 Å². The zero-order chi connectivity index (χ0) is 21.1. The molecule has 11 heteroatoms. The highest BCUT2D eigenvalue weighted by molar-refractivity contribution is 6.09. The molecular weight excluding hydrogens is 378 g/mol. The third-order valence-electron chi connectivity index (χ3n) is 4.17. The van der Waals surface area contributed by atoms with Gasteiger partial charge < -0.3 is 20.3 Å². The van der Waals surface area contributed by atoms with Crippen molar-refractivity contribution in [1.29, 1.82) is 0 Å². The number of ether oxygens (including phenoxy) is 1. The maximum atomic E-state index is 12.7. The topological polar surface area (TPSA) is 108 Å². The van der Waals surface area contributed by atoms with E-state index in [0.29, 0.717) is 5.56 Å². The first-order chi connectivity index (χ1) is 13.0. The van der Waals surface area contributed by atoms with Gasteiger partial charge in [0.05, 0.1) is 6.54 Å². The summed E-state index contributed by atoms with van der Waals surface area (Å²) in [5.74, 6) is -1.81. The average Bonchev–Trinajstić information content (AvgIpc) is 2.83. The standard InChI is InChI=1S/C17H20F2N4O5/c1-17(10-4-6-11(7-5-10)28-15(18)19)14(26)23(16(27)21-17)9-12(24)20-8-13(25)22(2)3/h4-7,15H,8-9H2,1-3H3,(H,20,24)(H,21,27)/t17-/m1/s1. The number of halogens is 2. The molecule has 5 amide bonds. The van der Waals surface area contributed by atoms with Crippen molar-refractivity contribution in [3.63, 3.8) is 0 Å². The maximum absolute atomic E-state index is 12.7. The highest BCUT2D eigenvalue weighted by Crippen LogP contribution is 2.30. The minimum Gasteiger partial charge on any atom is -0.435 e. The molecule has 9 nitrogen and oxygen atoms in total. The van der Waals surface area contributed by atoms with Gasteiger partial charge >= 0.3 is 12.6 Å². The van der Waals surface area contributed by atoms with E-state index in [1.54, 1.807) is 0 Å². The average molecular weight is 398 g/mol. The number of alkyl halides is 2. The van der Waals surface area contributed by atoms with Gasteiger partial charge in [0.1, 0.15) is 17.8 Å². The van der Waals surface area contributed by atoms with Crippen LogP contribution in [0.15, 0.2) is 24.3 Å². The summed E-state index contributed by atoms with van der Waals surface area (Å²) in [5.41, 5.74) is -1.14. The molecule has 152 valence electrons. The first-order valence-corrected chi connectivity index (χ1v) is 8.21. The lowest BCUT2D eigenvalue weighted by Gasteiger charge is -2.22. The number of carbonyl (C=O) groups excluding carboxylic acids is 4. The lowest BCUT2D eigenvalue weighted by molar-refractivity contribution is -0.135. The van der Waals surface area contributed by atoms with Gasteiger partial charge in [-0.25, -0.2) is 4.79 Å². The number of amides is 5. The predicted molar refractivity (Wildman–Crippen MR) is 92.4 cm³/mol. The van der Waals surface area contributed by atoms with Gasteiger partial charge in [-0.2, -0.15) is 8.78 Å². The van der Waals surface area contributed by atoms with Crippen LogP contribution in [0.3, 0.4) is 0 Å². The van der Waals surface area contributed by atoms with Gasteiger partial charge in [0.15, 0.2) is 0 Å². The van der Waals surface area contributed by atoms with Crippen molar-refractivity contribution in [3.8, 4) is 5.75 Å². The zero-order valence-corrected chi connectivity index (χ0v) is 15.5. The van der Waals surface area contributed by atoms with Crippen LogP contribution in [-0.4, -0.2) is 67.3 Å². The Hall–Kier alpha value is -3.24. The van der Waals surface area contributed by atoms with Crippen molar-refractivity contribution < 1.29 is 32.7 Å². The van der Waals surface area contributed by atoms with Crippen molar-refractivity contribution in [2.75, 3.05) is 27.2 Å². The molecule has 0 saturated carbocycles. The van der Waals surface area contributed by atoms with Crippen LogP contribution >= 0.6 is 0 Å². The van der Waals surface area contributed by atoms with E-state index >= 15 is 0 Å². The summed E-state index contributed by atoms with van der Waals surface area (Å²) in [6, 6.07) is 4.45. The molecule has 1 atom stereocenters. The smallest absolute Gasteiger partial charge is 0.387 e. The molecule has 0 bridgehead atoms. The number of imide groups is 1. The second-order valence-electron chi connectivity index (χ2n) is 6.41. The van der Waals surface area contributed by atoms with Crippen molar-refractivity contribution >= 4 is 23.8 Å². The van der Waals surface area contributed by atoms with Crippen LogP contribution in [-0.2, 0) is 19.9 Å². The Labute approximate surface area is 159 Å². The summed E-state index contributed by atoms with van der Waals surface area (Å²) in [4.78, 5) is 50.4. The van der Waals surface area contributed by atoms with E-state index in [9.17, 15) is 28.0 Å². The third kappa shape index (κ3) is 4.53. The molecule has 0 aromatic heterocycles. The molecular formula is C17H20F2N4O5. The van der Waals surface area contributed by atoms with Gasteiger partial charge in [-0.05, 0) is 24.6 Å². The fourth-order valence-electron chi connectivity index (χ4n) is 2.54. The number of likely N-dealkylation sites (N-methyl/N-ethyl adjacent to an activating group) is 1. The summed E-state index contributed by atoms with van der Waals surface area (Å²) in [7, 11) is 3.05. The summed E-state index contributed by atoms with van der Waals surface area (Å²) < 4.78 is 28.7. The molecule has 0 aliphatic carbocycles. The zero-order valence-electron chi connectivity index (χ0n) is 15.5. The number of nitrogens with zero attached hydrogens (tertiary/aromatic N) is 2. The van der Waals surface area contributed by atoms with Crippen molar-refractivity contribution in [2.45, 2.75) is 19.1 Å². The Morgan fingerprint density at radius 2 is 1.86 bits per heavy atom. The van der Waals surface area contributed by atoms with Crippen molar-refractivity contribution in [1.82, 2.24) is 20.4 Å². The maximum Gasteiger partial charge on any atom is 0.387 e. The van der Waals surface area contributed by atoms with E-state index in [1.807, 2.05) is 0 Å². The molecule has 0 spiro atoms. The second kappa shape index (κ2) is 8.19. The van der Waals surface area contributed by atoms with E-state index < -0.39 is 36.5 Å². The largest absolute Gasteiger partial charge is 0.435 e. The summed E-state index contributed by atoms with van der Waals surface area (Å²) >= 11 is 0. The van der Waals surface area contributed by atoms with Gasteiger partial charge in [0.2, 0.25) is 11.8 Å². The first kappa shape index (κ1) is 21.1. The SMILES string of the molecule is CN(C)C(=O)CNC(=O)CN1C(=O)N[C@](C)(c2ccc(OC(F)F)cc2)C1=O. The van der Waals surface area contributed by atoms with Crippen molar-refractivity contribution in [2.24, 2.45) is 0 Å². The Balaban J connectivity index is 2.07. The van der Waals surface area contributed by atoms with Crippen LogP contribution in [0.1, 0.15) is 12.5 Å². The molecule has 1 saturated heterocycles. The summed E-state index contributed by atoms with van der Waals surface area (Å²) in [6.07, 6.45) is 0. The molecule has 0 unspecified atom stereocenters. The Kier molecular flexibility index (Phi) is 6.16. The quantitative estimate of drug-likeness (QED) is 0.641. The van der Waals surface area contributed by atoms with E-state index in [0.717, 1.165) is 4.90 Å². The van der Waals surface area contributed by atoms with E-state index in [-0.39, 0.29) is 18.2 Å². The van der Waals surface area contributed by atoms with Gasteiger partial charge in [0, 0.05) is 14.1 Å². The molecule has 0 radical (unpaired) electrons. The lowest BCUT2D eigenvalue weighted by Crippen LogP contribution is -2.45. The number of urea groups is 1. The van der Waals surface area contributed by atoms with Gasteiger partial charge in [-0.15, -0.1) is 0 Å². The highest BCUT2D eigenvalue weighted by atomic mass is 19.3. The number of nitrogens with one attached hydrogen (secondary N) is 2. The Bertz CT molecular complexity index is 784. The van der Waals surface area contributed by atoms with Gasteiger partial charge in [0.25, 0.3) is 5.91 Å². The fraction of sp³-hybridized carbons (Fsp3) is 0.412. The van der Waals surface area contributed by atoms with Gasteiger partial charge in [-0.3, -0.25) is 19.3 Å². The van der Waals surface area contributed by atoms with Gasteiger partial charge in [-0.1, -0.05) is 12.1 Å². The number of hydrogen-bond acceptors (Lipinski definition) is 5. The molecule has 2 N–H and O–H groups in total. The lowest BCUT2D eigenvalue weighted by atomic mass is 9.92. The predicted octanol–water partition coefficient (Wildman–Crippen LogP) is 0.259. The van der Waals surface area contributed by atoms with Crippen LogP contribution in [0.4, 0.5) is 13.6 Å². The highest BCUT2D eigenvalue weighted by Gasteiger charge is 2.49. The molecule has 1 aliphatic rings. The fourth-order valence-corrected chi connectivity index (χ4v) is 2.54. The molecule has 1 aliphatic heterocycles. The number of hydrogen-bond donors (Lipinski definition) is 2. The van der Waals surface area contributed by atoms with Crippen LogP contribution in [0, 0.1) is 0 Å². The van der Waals surface area contributed by atoms with Crippen LogP contribution in [0.25, 0.3) is 0 Å². The van der Waals surface area contributed by atoms with Crippen LogP contribution in [0.5, 0.6) is 5.75 Å². The second-order valence-corrected chi connectivity index (χ2v) is 6.41. The monoisotopic (exact) mass is 398 g/mol. The molecule has 1 heterocycles. The number of rotatable bonds is 7. The summed E-state index contributed by atoms with van der Waals surface area (Å²) in [5, 5.41) is 4.82. The van der Waals surface area contributed by atoms with E-state index in [2.05, 4.69) is 15.4 Å². The molecule has 1 aromatic rings.